The number of nitrogens with zero attached hydrogens (tertiary/aromatic N) is 2. The Hall–Kier alpha value is -5.58. The third-order valence-electron chi connectivity index (χ3n) is 9.38. The van der Waals surface area contributed by atoms with E-state index >= 15 is 0 Å². The lowest BCUT2D eigenvalue weighted by atomic mass is 9.97. The molecule has 0 spiro atoms. The summed E-state index contributed by atoms with van der Waals surface area (Å²) in [6.07, 6.45) is 5.92. The highest BCUT2D eigenvalue weighted by molar-refractivity contribution is 7.99. The maximum absolute atomic E-state index is 14.5. The Morgan fingerprint density at radius 2 is 1.52 bits per heavy atom. The molecule has 0 aliphatic heterocycles. The fourth-order valence-corrected chi connectivity index (χ4v) is 7.51. The summed E-state index contributed by atoms with van der Waals surface area (Å²) in [6, 6.07) is 39.9. The van der Waals surface area contributed by atoms with Gasteiger partial charge in [0.25, 0.3) is 5.91 Å². The van der Waals surface area contributed by atoms with Gasteiger partial charge in [-0.05, 0) is 102 Å². The van der Waals surface area contributed by atoms with Gasteiger partial charge >= 0.3 is 5.97 Å². The van der Waals surface area contributed by atoms with Crippen molar-refractivity contribution in [3.63, 3.8) is 0 Å². The van der Waals surface area contributed by atoms with Gasteiger partial charge in [0, 0.05) is 27.4 Å². The predicted octanol–water partition coefficient (Wildman–Crippen LogP) is 9.45. The van der Waals surface area contributed by atoms with Crippen molar-refractivity contribution in [2.24, 2.45) is 0 Å². The van der Waals surface area contributed by atoms with Crippen LogP contribution in [0.1, 0.15) is 63.6 Å². The number of carboxylic acid groups (broad SMARTS) is 1. The summed E-state index contributed by atoms with van der Waals surface area (Å²) < 4.78 is 2.32. The number of fused-ring (bicyclic) bond motifs is 1. The SMILES string of the molecule is N#Cc1cccc(-c2cc(C(=O)NC3(c4ccc(C(=O)O)cc4)CC3)c3c(Sc4ccc(-c5ccccc5)cc4)cn(C4CC4)c3c2)c1. The lowest BCUT2D eigenvalue weighted by Gasteiger charge is -2.20. The van der Waals surface area contributed by atoms with Crippen molar-refractivity contribution < 1.29 is 14.7 Å². The minimum absolute atomic E-state index is 0.173. The molecular formula is C41H31N3O3S. The molecular weight excluding hydrogens is 615 g/mol. The van der Waals surface area contributed by atoms with Gasteiger partial charge in [0.05, 0.1) is 33.8 Å². The Labute approximate surface area is 282 Å². The number of carboxylic acids is 1. The zero-order valence-corrected chi connectivity index (χ0v) is 26.8. The van der Waals surface area contributed by atoms with Crippen LogP contribution in [-0.2, 0) is 5.54 Å². The summed E-state index contributed by atoms with van der Waals surface area (Å²) >= 11 is 1.66. The number of amides is 1. The van der Waals surface area contributed by atoms with Crippen LogP contribution >= 0.6 is 11.8 Å². The van der Waals surface area contributed by atoms with Gasteiger partial charge in [-0.2, -0.15) is 5.26 Å². The molecule has 0 bridgehead atoms. The van der Waals surface area contributed by atoms with E-state index in [4.69, 9.17) is 0 Å². The molecule has 7 heteroatoms. The fourth-order valence-electron chi connectivity index (χ4n) is 6.50. The molecule has 2 saturated carbocycles. The van der Waals surface area contributed by atoms with Gasteiger partial charge in [-0.15, -0.1) is 0 Å². The van der Waals surface area contributed by atoms with Gasteiger partial charge in [0.15, 0.2) is 0 Å². The summed E-state index contributed by atoms with van der Waals surface area (Å²) in [5, 5.41) is 23.3. The highest BCUT2D eigenvalue weighted by Crippen LogP contribution is 2.48. The smallest absolute Gasteiger partial charge is 0.335 e. The van der Waals surface area contributed by atoms with Crippen molar-refractivity contribution in [1.82, 2.24) is 9.88 Å². The first-order chi connectivity index (χ1) is 23.4. The molecule has 48 heavy (non-hydrogen) atoms. The molecule has 0 saturated heterocycles. The number of rotatable bonds is 9. The average molecular weight is 646 g/mol. The van der Waals surface area contributed by atoms with E-state index in [9.17, 15) is 20.0 Å². The van der Waals surface area contributed by atoms with Crippen LogP contribution in [-0.4, -0.2) is 21.6 Å². The third-order valence-corrected chi connectivity index (χ3v) is 10.4. The van der Waals surface area contributed by atoms with Crippen LogP contribution in [0, 0.1) is 11.3 Å². The van der Waals surface area contributed by atoms with Gasteiger partial charge in [0.2, 0.25) is 0 Å². The molecule has 6 aromatic rings. The number of hydrogen-bond donors (Lipinski definition) is 2. The molecule has 2 fully saturated rings. The van der Waals surface area contributed by atoms with E-state index in [0.29, 0.717) is 17.2 Å². The lowest BCUT2D eigenvalue weighted by Crippen LogP contribution is -2.35. The van der Waals surface area contributed by atoms with Crippen LogP contribution in [0.2, 0.25) is 0 Å². The largest absolute Gasteiger partial charge is 0.478 e. The van der Waals surface area contributed by atoms with Crippen molar-refractivity contribution in [3.8, 4) is 28.3 Å². The van der Waals surface area contributed by atoms with Crippen LogP contribution in [0.4, 0.5) is 0 Å². The highest BCUT2D eigenvalue weighted by Gasteiger charge is 2.46. The number of carbonyl (C=O) groups excluding carboxylic acids is 1. The molecule has 1 amide bonds. The quantitative estimate of drug-likeness (QED) is 0.163. The second-order valence-corrected chi connectivity index (χ2v) is 13.8. The molecule has 2 aliphatic rings. The Morgan fingerprint density at radius 1 is 0.812 bits per heavy atom. The first-order valence-electron chi connectivity index (χ1n) is 16.1. The zero-order chi connectivity index (χ0) is 32.8. The predicted molar refractivity (Wildman–Crippen MR) is 188 cm³/mol. The Kier molecular flexibility index (Phi) is 7.39. The standard InChI is InChI=1S/C41H31N3O3S/c42-24-26-5-4-8-30(21-26)31-22-35(39(45)43-41(19-20-41)32-13-9-29(10-14-32)40(46)47)38-36(23-31)44(33-15-16-33)25-37(38)48-34-17-11-28(12-18-34)27-6-2-1-3-7-27/h1-14,17-18,21-23,25,33H,15-16,19-20H2,(H,43,45)(H,46,47). The summed E-state index contributed by atoms with van der Waals surface area (Å²) in [7, 11) is 0. The zero-order valence-electron chi connectivity index (χ0n) is 26.0. The number of benzene rings is 5. The van der Waals surface area contributed by atoms with E-state index in [2.05, 4.69) is 64.6 Å². The first-order valence-corrected chi connectivity index (χ1v) is 16.9. The summed E-state index contributed by atoms with van der Waals surface area (Å²) in [6.45, 7) is 0. The minimum Gasteiger partial charge on any atom is -0.478 e. The van der Waals surface area contributed by atoms with Gasteiger partial charge in [-0.3, -0.25) is 4.79 Å². The number of nitrogens with one attached hydrogen (secondary N) is 1. The van der Waals surface area contributed by atoms with E-state index in [-0.39, 0.29) is 11.5 Å². The number of aromatic carboxylic acids is 1. The molecule has 0 unspecified atom stereocenters. The van der Waals surface area contributed by atoms with Crippen LogP contribution in [0.15, 0.2) is 131 Å². The monoisotopic (exact) mass is 645 g/mol. The Bertz CT molecular complexity index is 2240. The van der Waals surface area contributed by atoms with Gasteiger partial charge in [-0.1, -0.05) is 78.5 Å². The van der Waals surface area contributed by atoms with Crippen LogP contribution in [0.3, 0.4) is 0 Å². The Balaban J connectivity index is 1.22. The highest BCUT2D eigenvalue weighted by atomic mass is 32.2. The summed E-state index contributed by atoms with van der Waals surface area (Å²) in [5.74, 6) is -1.15. The van der Waals surface area contributed by atoms with E-state index in [1.807, 2.05) is 42.5 Å². The van der Waals surface area contributed by atoms with E-state index < -0.39 is 11.5 Å². The van der Waals surface area contributed by atoms with E-state index in [1.165, 1.54) is 0 Å². The van der Waals surface area contributed by atoms with Gasteiger partial charge in [0.1, 0.15) is 0 Å². The molecule has 8 rings (SSSR count). The number of carbonyl (C=O) groups is 2. The molecule has 1 aromatic heterocycles. The fraction of sp³-hybridized carbons (Fsp3) is 0.146. The molecule has 0 radical (unpaired) electrons. The van der Waals surface area contributed by atoms with Crippen LogP contribution < -0.4 is 5.32 Å². The van der Waals surface area contributed by atoms with Crippen molar-refractivity contribution >= 4 is 34.5 Å². The lowest BCUT2D eigenvalue weighted by molar-refractivity contribution is 0.0696. The van der Waals surface area contributed by atoms with Crippen LogP contribution in [0.25, 0.3) is 33.2 Å². The van der Waals surface area contributed by atoms with Crippen molar-refractivity contribution in [2.75, 3.05) is 0 Å². The minimum atomic E-state index is -0.977. The first kappa shape index (κ1) is 29.8. The second kappa shape index (κ2) is 11.9. The molecule has 0 atom stereocenters. The number of aromatic nitrogens is 1. The van der Waals surface area contributed by atoms with Gasteiger partial charge < -0.3 is 15.0 Å². The van der Waals surface area contributed by atoms with Crippen molar-refractivity contribution in [1.29, 1.82) is 5.26 Å². The van der Waals surface area contributed by atoms with Crippen molar-refractivity contribution in [3.05, 3.63) is 144 Å². The summed E-state index contributed by atoms with van der Waals surface area (Å²) in [5.41, 5.74) is 6.79. The molecule has 2 aliphatic carbocycles. The maximum Gasteiger partial charge on any atom is 0.335 e. The molecule has 1 heterocycles. The number of nitriles is 1. The molecule has 234 valence electrons. The topological polar surface area (TPSA) is 95.1 Å². The molecule has 2 N–H and O–H groups in total. The molecule has 5 aromatic carbocycles. The average Bonchev–Trinajstić information content (AvgIpc) is 4.07. The summed E-state index contributed by atoms with van der Waals surface area (Å²) in [4.78, 5) is 28.1. The van der Waals surface area contributed by atoms with Crippen LogP contribution in [0.5, 0.6) is 0 Å². The van der Waals surface area contributed by atoms with Crippen molar-refractivity contribution in [2.45, 2.75) is 47.1 Å². The second-order valence-electron chi connectivity index (χ2n) is 12.7. The van der Waals surface area contributed by atoms with Gasteiger partial charge in [-0.25, -0.2) is 4.79 Å². The normalized spacial score (nSPS) is 14.7. The Morgan fingerprint density at radius 3 is 2.19 bits per heavy atom. The maximum atomic E-state index is 14.5. The van der Waals surface area contributed by atoms with E-state index in [1.54, 1.807) is 42.1 Å². The molecule has 6 nitrogen and oxygen atoms in total. The third kappa shape index (κ3) is 5.65. The number of hydrogen-bond acceptors (Lipinski definition) is 4. The van der Waals surface area contributed by atoms with E-state index in [0.717, 1.165) is 74.2 Å².